The van der Waals surface area contributed by atoms with E-state index in [1.54, 1.807) is 11.6 Å². The Hall–Kier alpha value is -3.65. The highest BCUT2D eigenvalue weighted by atomic mass is 16.5. The lowest BCUT2D eigenvalue weighted by Gasteiger charge is -2.06. The molecule has 0 spiro atoms. The number of para-hydroxylation sites is 1. The molecular formula is C22H23N4O4+. The zero-order valence-electron chi connectivity index (χ0n) is 16.6. The van der Waals surface area contributed by atoms with E-state index in [0.717, 1.165) is 10.1 Å². The summed E-state index contributed by atoms with van der Waals surface area (Å²) >= 11 is 0. The summed E-state index contributed by atoms with van der Waals surface area (Å²) in [6.07, 6.45) is 0.317. The Morgan fingerprint density at radius 3 is 2.37 bits per heavy atom. The minimum atomic E-state index is -0.444. The van der Waals surface area contributed by atoms with Gasteiger partial charge in [-0.2, -0.15) is 9.55 Å². The Balaban J connectivity index is 1.94. The van der Waals surface area contributed by atoms with Gasteiger partial charge in [-0.05, 0) is 24.1 Å². The number of nitrogens with zero attached hydrogens (tertiary/aromatic N) is 3. The van der Waals surface area contributed by atoms with E-state index in [0.29, 0.717) is 35.9 Å². The third-order valence-corrected chi connectivity index (χ3v) is 4.95. The van der Waals surface area contributed by atoms with Gasteiger partial charge in [0.05, 0.1) is 0 Å². The van der Waals surface area contributed by atoms with Crippen LogP contribution in [0.15, 0.2) is 70.3 Å². The molecule has 4 rings (SSSR count). The first kappa shape index (κ1) is 19.7. The van der Waals surface area contributed by atoms with Gasteiger partial charge in [-0.15, -0.1) is 0 Å². The van der Waals surface area contributed by atoms with Crippen LogP contribution in [-0.4, -0.2) is 25.8 Å². The molecule has 30 heavy (non-hydrogen) atoms. The van der Waals surface area contributed by atoms with Crippen molar-refractivity contribution in [1.29, 1.82) is 0 Å². The molecule has 0 unspecified atom stereocenters. The first-order valence-corrected chi connectivity index (χ1v) is 9.73. The lowest BCUT2D eigenvalue weighted by molar-refractivity contribution is -0.667. The fourth-order valence-corrected chi connectivity index (χ4v) is 3.43. The molecule has 2 N–H and O–H groups in total. The summed E-state index contributed by atoms with van der Waals surface area (Å²) in [6.45, 7) is 0.424. The number of nitrogens with one attached hydrogen (secondary N) is 1. The van der Waals surface area contributed by atoms with Crippen molar-refractivity contribution in [2.24, 2.45) is 7.05 Å². The second-order valence-corrected chi connectivity index (χ2v) is 6.99. The maximum Gasteiger partial charge on any atom is 0.462 e. The lowest BCUT2D eigenvalue weighted by atomic mass is 10.2. The van der Waals surface area contributed by atoms with E-state index < -0.39 is 11.2 Å². The number of aromatic nitrogens is 4. The first-order valence-electron chi connectivity index (χ1n) is 9.73. The Morgan fingerprint density at radius 2 is 1.70 bits per heavy atom. The van der Waals surface area contributed by atoms with Crippen LogP contribution in [0.3, 0.4) is 0 Å². The largest absolute Gasteiger partial charge is 0.462 e. The van der Waals surface area contributed by atoms with Crippen molar-refractivity contribution in [2.75, 3.05) is 6.61 Å². The number of hydrogen-bond donors (Lipinski definition) is 2. The number of benzene rings is 2. The van der Waals surface area contributed by atoms with E-state index in [1.165, 1.54) is 4.57 Å². The number of hydrogen-bond acceptors (Lipinski definition) is 4. The molecule has 0 aliphatic carbocycles. The van der Waals surface area contributed by atoms with Crippen LogP contribution in [0.2, 0.25) is 0 Å². The second-order valence-electron chi connectivity index (χ2n) is 6.99. The minimum absolute atomic E-state index is 0.104. The molecule has 0 saturated carbocycles. The zero-order valence-corrected chi connectivity index (χ0v) is 16.6. The smallest absolute Gasteiger partial charge is 0.396 e. The number of fused-ring (bicyclic) bond motifs is 1. The number of aryl methyl sites for hydroxylation is 1. The summed E-state index contributed by atoms with van der Waals surface area (Å²) in [5, 5.41) is 9.15. The normalized spacial score (nSPS) is 11.1. The predicted molar refractivity (Wildman–Crippen MR) is 112 cm³/mol. The van der Waals surface area contributed by atoms with Crippen LogP contribution < -0.4 is 20.6 Å². The van der Waals surface area contributed by atoms with E-state index in [9.17, 15) is 9.59 Å². The maximum atomic E-state index is 13.3. The quantitative estimate of drug-likeness (QED) is 0.455. The van der Waals surface area contributed by atoms with E-state index in [2.05, 4.69) is 4.98 Å². The van der Waals surface area contributed by atoms with Crippen LogP contribution in [0.4, 0.5) is 0 Å². The summed E-state index contributed by atoms with van der Waals surface area (Å²) in [5.74, 6) is 0.608. The van der Waals surface area contributed by atoms with Gasteiger partial charge >= 0.3 is 17.3 Å². The molecule has 0 aliphatic rings. The summed E-state index contributed by atoms with van der Waals surface area (Å²) in [4.78, 5) is 29.1. The van der Waals surface area contributed by atoms with E-state index in [4.69, 9.17) is 9.84 Å². The molecule has 0 aliphatic heterocycles. The molecule has 0 radical (unpaired) electrons. The number of aliphatic hydroxyl groups excluding tert-OH is 1. The molecule has 4 aromatic rings. The van der Waals surface area contributed by atoms with Crippen molar-refractivity contribution in [3.63, 3.8) is 0 Å². The third-order valence-electron chi connectivity index (χ3n) is 4.95. The average Bonchev–Trinajstić information content (AvgIpc) is 3.12. The number of aromatic amines is 1. The molecule has 2 aromatic heterocycles. The van der Waals surface area contributed by atoms with Gasteiger partial charge < -0.3 is 9.84 Å². The molecule has 0 bridgehead atoms. The van der Waals surface area contributed by atoms with E-state index >= 15 is 0 Å². The SMILES string of the molecule is Cn1c(=O)n(CCCO)c(=O)c2c1[nH]c(Oc1ccccc1)[n+]2Cc1ccccc1. The van der Waals surface area contributed by atoms with Crippen LogP contribution in [-0.2, 0) is 20.1 Å². The molecule has 0 atom stereocenters. The number of H-pyrrole nitrogens is 1. The molecular weight excluding hydrogens is 384 g/mol. The van der Waals surface area contributed by atoms with Crippen LogP contribution in [0, 0.1) is 0 Å². The van der Waals surface area contributed by atoms with Crippen LogP contribution >= 0.6 is 0 Å². The van der Waals surface area contributed by atoms with Gasteiger partial charge in [0, 0.05) is 20.2 Å². The summed E-state index contributed by atoms with van der Waals surface area (Å²) in [5.41, 5.74) is 0.838. The van der Waals surface area contributed by atoms with Gasteiger partial charge in [0.25, 0.3) is 11.2 Å². The van der Waals surface area contributed by atoms with Gasteiger partial charge in [-0.25, -0.2) is 4.79 Å². The van der Waals surface area contributed by atoms with Crippen molar-refractivity contribution in [1.82, 2.24) is 14.1 Å². The predicted octanol–water partition coefficient (Wildman–Crippen LogP) is 1.54. The van der Waals surface area contributed by atoms with Crippen molar-refractivity contribution in [2.45, 2.75) is 19.5 Å². The fraction of sp³-hybridized carbons (Fsp3) is 0.227. The van der Waals surface area contributed by atoms with Crippen LogP contribution in [0.25, 0.3) is 11.2 Å². The molecule has 2 aromatic carbocycles. The van der Waals surface area contributed by atoms with E-state index in [-0.39, 0.29) is 13.2 Å². The molecule has 8 nitrogen and oxygen atoms in total. The maximum absolute atomic E-state index is 13.3. The van der Waals surface area contributed by atoms with Crippen molar-refractivity contribution < 1.29 is 14.4 Å². The van der Waals surface area contributed by atoms with Crippen molar-refractivity contribution in [3.05, 3.63) is 87.1 Å². The van der Waals surface area contributed by atoms with Gasteiger partial charge in [0.1, 0.15) is 12.3 Å². The van der Waals surface area contributed by atoms with Gasteiger partial charge in [0.2, 0.25) is 0 Å². The van der Waals surface area contributed by atoms with E-state index in [1.807, 2.05) is 60.7 Å². The van der Waals surface area contributed by atoms with Gasteiger partial charge in [-0.1, -0.05) is 48.5 Å². The third kappa shape index (κ3) is 3.65. The highest BCUT2D eigenvalue weighted by Crippen LogP contribution is 2.19. The molecule has 0 amide bonds. The fourth-order valence-electron chi connectivity index (χ4n) is 3.43. The summed E-state index contributed by atoms with van der Waals surface area (Å²) < 4.78 is 10.3. The number of ether oxygens (including phenoxy) is 1. The summed E-state index contributed by atoms with van der Waals surface area (Å²) in [6, 6.07) is 19.3. The molecule has 154 valence electrons. The summed E-state index contributed by atoms with van der Waals surface area (Å²) in [7, 11) is 1.61. The van der Waals surface area contributed by atoms with Crippen molar-refractivity contribution >= 4 is 11.2 Å². The Bertz CT molecular complexity index is 1270. The molecule has 0 saturated heterocycles. The second kappa shape index (κ2) is 8.38. The van der Waals surface area contributed by atoms with Crippen LogP contribution in [0.1, 0.15) is 12.0 Å². The first-order chi connectivity index (χ1) is 14.6. The highest BCUT2D eigenvalue weighted by molar-refractivity contribution is 5.66. The van der Waals surface area contributed by atoms with Crippen LogP contribution in [0.5, 0.6) is 11.8 Å². The van der Waals surface area contributed by atoms with Gasteiger partial charge in [0.15, 0.2) is 0 Å². The van der Waals surface area contributed by atoms with Crippen molar-refractivity contribution in [3.8, 4) is 11.8 Å². The average molecular weight is 407 g/mol. The zero-order chi connectivity index (χ0) is 21.1. The minimum Gasteiger partial charge on any atom is -0.396 e. The number of aliphatic hydroxyl groups is 1. The molecule has 0 fully saturated rings. The molecule has 2 heterocycles. The Kier molecular flexibility index (Phi) is 5.49. The standard InChI is InChI=1S/C22H22N4O4/c1-24-19-18(20(28)25(22(24)29)13-8-14-27)26(15-16-9-4-2-5-10-16)21(23-19)30-17-11-6-3-7-12-17/h2-7,9-12,27H,8,13-15H2,1H3/p+1. The van der Waals surface area contributed by atoms with Gasteiger partial charge in [-0.3, -0.25) is 13.9 Å². The topological polar surface area (TPSA) is 93.1 Å². The number of imidazole rings is 1. The number of rotatable bonds is 7. The highest BCUT2D eigenvalue weighted by Gasteiger charge is 2.28. The Labute approximate surface area is 172 Å². The monoisotopic (exact) mass is 407 g/mol. The Morgan fingerprint density at radius 1 is 1.03 bits per heavy atom. The lowest BCUT2D eigenvalue weighted by Crippen LogP contribution is -2.45. The molecule has 8 heteroatoms.